The Morgan fingerprint density at radius 1 is 0.720 bits per heavy atom. The first kappa shape index (κ1) is 57.0. The van der Waals surface area contributed by atoms with Crippen LogP contribution in [0.1, 0.15) is 99.8 Å². The fraction of sp³-hybridized carbons (Fsp3) is 0.448. The molecule has 2 aliphatic heterocycles. The van der Waals surface area contributed by atoms with E-state index in [4.69, 9.17) is 9.47 Å². The number of nitrogens with zero attached hydrogens (tertiary/aromatic N) is 9. The van der Waals surface area contributed by atoms with Gasteiger partial charge in [-0.2, -0.15) is 5.10 Å². The zero-order valence-corrected chi connectivity index (χ0v) is 43.8. The molecular formula is C58H75N9O8. The highest BCUT2D eigenvalue weighted by Crippen LogP contribution is 2.34. The molecule has 0 aliphatic carbocycles. The van der Waals surface area contributed by atoms with Crippen molar-refractivity contribution >= 4 is 23.6 Å². The van der Waals surface area contributed by atoms with Crippen molar-refractivity contribution in [2.45, 2.75) is 115 Å². The van der Waals surface area contributed by atoms with Gasteiger partial charge in [0.2, 0.25) is 0 Å². The molecule has 0 radical (unpaired) electrons. The molecule has 17 heteroatoms. The van der Waals surface area contributed by atoms with E-state index in [0.717, 1.165) is 89.9 Å². The van der Waals surface area contributed by atoms with Crippen LogP contribution >= 0.6 is 0 Å². The molecule has 17 nitrogen and oxygen atoms in total. The third-order valence-corrected chi connectivity index (χ3v) is 14.6. The number of unbranched alkanes of at least 4 members (excludes halogenated alkanes) is 1. The second-order valence-corrected chi connectivity index (χ2v) is 19.8. The molecule has 2 aliphatic rings. The molecule has 1 aromatic heterocycles. The number of carbonyl (C=O) groups excluding carboxylic acids is 2. The lowest BCUT2D eigenvalue weighted by Crippen LogP contribution is -2.48. The number of carbonyl (C=O) groups is 2. The minimum atomic E-state index is -0.452. The number of hydrogen-bond donors (Lipinski definition) is 0. The average Bonchev–Trinajstić information content (AvgIpc) is 3.97. The summed E-state index contributed by atoms with van der Waals surface area (Å²) >= 11 is 0. The molecule has 0 N–H and O–H groups in total. The Bertz CT molecular complexity index is 2520. The number of likely N-dealkylation sites (tertiary alicyclic amines) is 2. The molecule has 0 spiro atoms. The highest BCUT2D eigenvalue weighted by molar-refractivity contribution is 5.69. The maximum absolute atomic E-state index is 12.9. The number of nitro benzene ring substituents is 2. The number of piperidine rings is 2. The summed E-state index contributed by atoms with van der Waals surface area (Å²) < 4.78 is 13.0. The van der Waals surface area contributed by atoms with E-state index in [-0.39, 0.29) is 48.2 Å². The van der Waals surface area contributed by atoms with Gasteiger partial charge in [0.05, 0.1) is 9.85 Å². The van der Waals surface area contributed by atoms with Crippen LogP contribution in [0.2, 0.25) is 0 Å². The highest BCUT2D eigenvalue weighted by Gasteiger charge is 2.32. The fourth-order valence-corrected chi connectivity index (χ4v) is 10.0. The van der Waals surface area contributed by atoms with Gasteiger partial charge in [-0.25, -0.2) is 14.6 Å². The summed E-state index contributed by atoms with van der Waals surface area (Å²) in [7, 11) is 0. The quantitative estimate of drug-likeness (QED) is 0.0307. The lowest BCUT2D eigenvalue weighted by molar-refractivity contribution is -0.385. The van der Waals surface area contributed by atoms with Gasteiger partial charge >= 0.3 is 12.2 Å². The van der Waals surface area contributed by atoms with E-state index < -0.39 is 15.9 Å². The van der Waals surface area contributed by atoms with Crippen LogP contribution in [0.25, 0.3) is 0 Å². The molecule has 2 amide bonds. The standard InChI is InChI=1S/C30H41N3O4.C28H34N6O4/c1-4-6-18-30(3,26-10-8-7-9-11-26)19-23-31-21-16-27(17-22-31)32(20-5-2)29(34)37-24-25-12-14-28(15-13-25)33(35)36;1-2-15-33(28(35)38-20-23-8-10-27(11-9-23)34(36)37)26-13-17-31(18-14-26)16-12-25(19-32-22-29-21-30-32)24-6-4-3-5-7-24/h5,7-15,27H,2,4,6,16-24H2,1,3H3;2-11,21-22,25-26H,1,12-20H2. The van der Waals surface area contributed by atoms with Gasteiger partial charge < -0.3 is 29.1 Å². The van der Waals surface area contributed by atoms with Crippen LogP contribution in [-0.4, -0.2) is 121 Å². The van der Waals surface area contributed by atoms with Crippen LogP contribution in [0.4, 0.5) is 21.0 Å². The first-order valence-corrected chi connectivity index (χ1v) is 26.3. The van der Waals surface area contributed by atoms with E-state index in [1.165, 1.54) is 54.7 Å². The molecule has 2 atom stereocenters. The number of rotatable bonds is 25. The van der Waals surface area contributed by atoms with Gasteiger partial charge in [-0.3, -0.25) is 24.9 Å². The molecule has 0 saturated carbocycles. The Morgan fingerprint density at radius 3 is 1.64 bits per heavy atom. The van der Waals surface area contributed by atoms with Gasteiger partial charge in [-0.1, -0.05) is 99.5 Å². The number of non-ortho nitro benzene ring substituents is 2. The van der Waals surface area contributed by atoms with Crippen molar-refractivity contribution in [1.29, 1.82) is 0 Å². The van der Waals surface area contributed by atoms with Gasteiger partial charge in [0, 0.05) is 88.1 Å². The van der Waals surface area contributed by atoms with E-state index in [0.29, 0.717) is 24.6 Å². The highest BCUT2D eigenvalue weighted by atomic mass is 16.6. The normalized spacial score (nSPS) is 15.5. The van der Waals surface area contributed by atoms with Crippen molar-refractivity contribution in [2.24, 2.45) is 0 Å². The van der Waals surface area contributed by atoms with E-state index in [2.05, 4.69) is 101 Å². The second-order valence-electron chi connectivity index (χ2n) is 19.8. The van der Waals surface area contributed by atoms with Crippen molar-refractivity contribution in [3.05, 3.63) is 190 Å². The van der Waals surface area contributed by atoms with Crippen LogP contribution in [-0.2, 0) is 34.6 Å². The van der Waals surface area contributed by atoms with Crippen LogP contribution < -0.4 is 0 Å². The summed E-state index contributed by atoms with van der Waals surface area (Å²) in [6, 6.07) is 33.7. The molecule has 5 aromatic rings. The topological polar surface area (TPSA) is 183 Å². The van der Waals surface area contributed by atoms with Crippen LogP contribution in [0, 0.1) is 20.2 Å². The first-order valence-electron chi connectivity index (χ1n) is 26.3. The number of hydrogen-bond acceptors (Lipinski definition) is 12. The van der Waals surface area contributed by atoms with Crippen molar-refractivity contribution in [2.75, 3.05) is 52.4 Å². The third kappa shape index (κ3) is 17.7. The lowest BCUT2D eigenvalue weighted by Gasteiger charge is -2.39. The van der Waals surface area contributed by atoms with Crippen LogP contribution in [0.5, 0.6) is 0 Å². The van der Waals surface area contributed by atoms with Crippen molar-refractivity contribution in [1.82, 2.24) is 34.4 Å². The Kier molecular flexibility index (Phi) is 22.5. The number of amides is 2. The summed E-state index contributed by atoms with van der Waals surface area (Å²) in [6.07, 6.45) is 15.3. The summed E-state index contributed by atoms with van der Waals surface area (Å²) in [4.78, 5) is 59.2. The zero-order chi connectivity index (χ0) is 53.4. The molecule has 2 saturated heterocycles. The molecule has 2 unspecified atom stereocenters. The zero-order valence-electron chi connectivity index (χ0n) is 43.8. The van der Waals surface area contributed by atoms with Crippen molar-refractivity contribution in [3.63, 3.8) is 0 Å². The summed E-state index contributed by atoms with van der Waals surface area (Å²) in [5.74, 6) is 0.335. The van der Waals surface area contributed by atoms with Gasteiger partial charge in [-0.05, 0) is 110 Å². The molecule has 4 aromatic carbocycles. The maximum atomic E-state index is 12.9. The number of benzene rings is 4. The minimum Gasteiger partial charge on any atom is -0.445 e. The second kappa shape index (κ2) is 29.6. The van der Waals surface area contributed by atoms with Gasteiger partial charge in [0.25, 0.3) is 11.4 Å². The molecular weight excluding hydrogens is 951 g/mol. The van der Waals surface area contributed by atoms with E-state index in [1.54, 1.807) is 58.9 Å². The Labute approximate surface area is 442 Å². The first-order chi connectivity index (χ1) is 36.4. The predicted octanol–water partition coefficient (Wildman–Crippen LogP) is 11.4. The summed E-state index contributed by atoms with van der Waals surface area (Å²) in [5, 5.41) is 26.0. The minimum absolute atomic E-state index is 0.00797. The van der Waals surface area contributed by atoms with E-state index in [9.17, 15) is 29.8 Å². The third-order valence-electron chi connectivity index (χ3n) is 14.6. The maximum Gasteiger partial charge on any atom is 0.410 e. The van der Waals surface area contributed by atoms with Crippen LogP contribution in [0.3, 0.4) is 0 Å². The van der Waals surface area contributed by atoms with Gasteiger partial charge in [0.15, 0.2) is 0 Å². The molecule has 7 rings (SSSR count). The molecule has 2 fully saturated rings. The fourth-order valence-electron chi connectivity index (χ4n) is 10.0. The van der Waals surface area contributed by atoms with E-state index in [1.807, 2.05) is 10.7 Å². The van der Waals surface area contributed by atoms with Gasteiger partial charge in [0.1, 0.15) is 25.9 Å². The number of aromatic nitrogens is 3. The Hall–Kier alpha value is -7.24. The predicted molar refractivity (Wildman–Crippen MR) is 291 cm³/mol. The molecule has 3 heterocycles. The Morgan fingerprint density at radius 2 is 1.20 bits per heavy atom. The average molecular weight is 1030 g/mol. The van der Waals surface area contributed by atoms with Crippen molar-refractivity contribution < 1.29 is 28.9 Å². The smallest absolute Gasteiger partial charge is 0.410 e. The molecule has 0 bridgehead atoms. The SMILES string of the molecule is C=CCN(C(=O)OCc1ccc([N+](=O)[O-])cc1)C1CCN(CCC(C)(CCCC)c2ccccc2)CC1.C=CCN(C(=O)OCc1ccc([N+](=O)[O-])cc1)C1CCN(CCC(Cn2cncn2)c2ccccc2)CC1. The molecule has 400 valence electrons. The number of ether oxygens (including phenoxy) is 2. The Balaban J connectivity index is 0.000000244. The van der Waals surface area contributed by atoms with Crippen molar-refractivity contribution in [3.8, 4) is 0 Å². The lowest BCUT2D eigenvalue weighted by atomic mass is 9.75. The summed E-state index contributed by atoms with van der Waals surface area (Å²) in [6.45, 7) is 19.8. The van der Waals surface area contributed by atoms with Crippen LogP contribution in [0.15, 0.2) is 147 Å². The monoisotopic (exact) mass is 1030 g/mol. The van der Waals surface area contributed by atoms with E-state index >= 15 is 0 Å². The summed E-state index contributed by atoms with van der Waals surface area (Å²) in [5.41, 5.74) is 4.34. The molecule has 75 heavy (non-hydrogen) atoms. The number of nitro groups is 2. The van der Waals surface area contributed by atoms with Gasteiger partial charge in [-0.15, -0.1) is 13.2 Å². The largest absolute Gasteiger partial charge is 0.445 e.